The third kappa shape index (κ3) is 3.36. The molecule has 0 aromatic carbocycles. The Morgan fingerprint density at radius 3 is 2.56 bits per heavy atom. The second kappa shape index (κ2) is 6.70. The van der Waals surface area contributed by atoms with Crippen LogP contribution < -0.4 is 4.90 Å². The lowest BCUT2D eigenvalue weighted by Crippen LogP contribution is -2.49. The van der Waals surface area contributed by atoms with Gasteiger partial charge in [0.15, 0.2) is 15.6 Å². The predicted molar refractivity (Wildman–Crippen MR) is 101 cm³/mol. The molecule has 0 spiro atoms. The fourth-order valence-electron chi connectivity index (χ4n) is 4.12. The van der Waals surface area contributed by atoms with Crippen LogP contribution >= 0.6 is 0 Å². The number of hydrogen-bond acceptors (Lipinski definition) is 6. The highest BCUT2D eigenvalue weighted by Crippen LogP contribution is 2.31. The van der Waals surface area contributed by atoms with Gasteiger partial charge in [-0.05, 0) is 32.4 Å². The number of piperazine rings is 1. The molecule has 0 radical (unpaired) electrons. The van der Waals surface area contributed by atoms with Gasteiger partial charge in [0, 0.05) is 26.2 Å². The molecule has 8 nitrogen and oxygen atoms in total. The summed E-state index contributed by atoms with van der Waals surface area (Å²) in [5.74, 6) is 0.685. The van der Waals surface area contributed by atoms with Gasteiger partial charge in [-0.2, -0.15) is 5.10 Å². The van der Waals surface area contributed by atoms with Crippen LogP contribution in [0.2, 0.25) is 0 Å². The minimum atomic E-state index is -2.95. The molecule has 27 heavy (non-hydrogen) atoms. The Kier molecular flexibility index (Phi) is 4.49. The third-order valence-electron chi connectivity index (χ3n) is 5.46. The van der Waals surface area contributed by atoms with Crippen molar-refractivity contribution in [2.24, 2.45) is 0 Å². The van der Waals surface area contributed by atoms with E-state index in [0.717, 1.165) is 17.1 Å². The number of aromatic nitrogens is 2. The molecule has 0 N–H and O–H groups in total. The van der Waals surface area contributed by atoms with Gasteiger partial charge < -0.3 is 14.2 Å². The van der Waals surface area contributed by atoms with Crippen molar-refractivity contribution in [2.45, 2.75) is 26.3 Å². The summed E-state index contributed by atoms with van der Waals surface area (Å²) in [6.07, 6.45) is 2.13. The minimum absolute atomic E-state index is 0.0794. The van der Waals surface area contributed by atoms with E-state index in [4.69, 9.17) is 4.42 Å². The van der Waals surface area contributed by atoms with Gasteiger partial charge in [-0.15, -0.1) is 0 Å². The molecule has 2 aromatic rings. The normalized spacial score (nSPS) is 22.4. The summed E-state index contributed by atoms with van der Waals surface area (Å²) in [6, 6.07) is 3.32. The molecule has 1 amide bonds. The van der Waals surface area contributed by atoms with Gasteiger partial charge in [0.05, 0.1) is 40.9 Å². The Morgan fingerprint density at radius 1 is 1.22 bits per heavy atom. The first kappa shape index (κ1) is 18.1. The Labute approximate surface area is 158 Å². The van der Waals surface area contributed by atoms with E-state index in [9.17, 15) is 13.2 Å². The second-order valence-corrected chi connectivity index (χ2v) is 9.51. The SMILES string of the molecule is Cc1nn([C@H]2CCS(=O)(=O)C2)c(C)c1N1CCN(C(=O)c2ccco2)CC1. The molecule has 4 rings (SSSR count). The lowest BCUT2D eigenvalue weighted by Gasteiger charge is -2.35. The van der Waals surface area contributed by atoms with Crippen molar-refractivity contribution in [3.05, 3.63) is 35.5 Å². The van der Waals surface area contributed by atoms with Crippen LogP contribution in [-0.2, 0) is 9.84 Å². The van der Waals surface area contributed by atoms with Crippen LogP contribution in [0.15, 0.2) is 22.8 Å². The quantitative estimate of drug-likeness (QED) is 0.785. The van der Waals surface area contributed by atoms with Crippen LogP contribution in [0.1, 0.15) is 34.4 Å². The van der Waals surface area contributed by atoms with Crippen LogP contribution in [0.25, 0.3) is 0 Å². The molecule has 0 unspecified atom stereocenters. The van der Waals surface area contributed by atoms with Gasteiger partial charge in [-0.25, -0.2) is 8.42 Å². The van der Waals surface area contributed by atoms with E-state index < -0.39 is 9.84 Å². The number of sulfone groups is 1. The maximum atomic E-state index is 12.4. The van der Waals surface area contributed by atoms with Gasteiger partial charge in [-0.3, -0.25) is 9.48 Å². The average Bonchev–Trinajstić information content (AvgIpc) is 3.35. The summed E-state index contributed by atoms with van der Waals surface area (Å²) in [7, 11) is -2.95. The summed E-state index contributed by atoms with van der Waals surface area (Å²) in [5.41, 5.74) is 2.97. The zero-order valence-corrected chi connectivity index (χ0v) is 16.4. The largest absolute Gasteiger partial charge is 0.459 e. The third-order valence-corrected chi connectivity index (χ3v) is 7.21. The summed E-state index contributed by atoms with van der Waals surface area (Å²) in [5, 5.41) is 4.64. The van der Waals surface area contributed by atoms with Gasteiger partial charge in [-0.1, -0.05) is 0 Å². The van der Waals surface area contributed by atoms with E-state index in [1.807, 2.05) is 18.5 Å². The number of amides is 1. The first-order valence-corrected chi connectivity index (χ1v) is 11.0. The number of carbonyl (C=O) groups excluding carboxylic acids is 1. The molecule has 1 atom stereocenters. The molecule has 2 fully saturated rings. The first-order valence-electron chi connectivity index (χ1n) is 9.19. The van der Waals surface area contributed by atoms with Crippen molar-refractivity contribution in [2.75, 3.05) is 42.6 Å². The maximum Gasteiger partial charge on any atom is 0.289 e. The van der Waals surface area contributed by atoms with Gasteiger partial charge in [0.2, 0.25) is 0 Å². The zero-order chi connectivity index (χ0) is 19.2. The molecule has 0 saturated carbocycles. The molecular weight excluding hydrogens is 368 g/mol. The lowest BCUT2D eigenvalue weighted by molar-refractivity contribution is 0.0714. The molecule has 2 aliphatic heterocycles. The van der Waals surface area contributed by atoms with Crippen molar-refractivity contribution in [3.63, 3.8) is 0 Å². The van der Waals surface area contributed by atoms with Crippen LogP contribution in [0.3, 0.4) is 0 Å². The van der Waals surface area contributed by atoms with Crippen LogP contribution in [-0.4, -0.2) is 66.7 Å². The number of carbonyl (C=O) groups is 1. The predicted octanol–water partition coefficient (Wildman–Crippen LogP) is 1.41. The fourth-order valence-corrected chi connectivity index (χ4v) is 5.82. The minimum Gasteiger partial charge on any atom is -0.459 e. The van der Waals surface area contributed by atoms with Crippen molar-refractivity contribution >= 4 is 21.4 Å². The zero-order valence-electron chi connectivity index (χ0n) is 15.6. The van der Waals surface area contributed by atoms with Crippen molar-refractivity contribution < 1.29 is 17.6 Å². The first-order chi connectivity index (χ1) is 12.9. The molecule has 2 aliphatic rings. The highest BCUT2D eigenvalue weighted by atomic mass is 32.2. The second-order valence-electron chi connectivity index (χ2n) is 7.28. The molecule has 2 saturated heterocycles. The van der Waals surface area contributed by atoms with E-state index in [2.05, 4.69) is 10.00 Å². The van der Waals surface area contributed by atoms with Crippen LogP contribution in [0.5, 0.6) is 0 Å². The molecule has 2 aromatic heterocycles. The number of rotatable bonds is 3. The number of anilines is 1. The van der Waals surface area contributed by atoms with Gasteiger partial charge in [0.1, 0.15) is 0 Å². The highest BCUT2D eigenvalue weighted by Gasteiger charge is 2.33. The van der Waals surface area contributed by atoms with E-state index in [-0.39, 0.29) is 23.5 Å². The smallest absolute Gasteiger partial charge is 0.289 e. The average molecular weight is 392 g/mol. The standard InChI is InChI=1S/C18H24N4O4S/c1-13-17(14(2)22(19-13)15-5-11-27(24,25)12-15)20-6-8-21(9-7-20)18(23)16-4-3-10-26-16/h3-4,10,15H,5-9,11-12H2,1-2H3/t15-/m0/s1. The maximum absolute atomic E-state index is 12.4. The lowest BCUT2D eigenvalue weighted by atomic mass is 10.2. The highest BCUT2D eigenvalue weighted by molar-refractivity contribution is 7.91. The monoisotopic (exact) mass is 392 g/mol. The van der Waals surface area contributed by atoms with E-state index in [1.54, 1.807) is 17.0 Å². The number of aryl methyl sites for hydroxylation is 1. The number of furan rings is 1. The number of nitrogens with zero attached hydrogens (tertiary/aromatic N) is 4. The van der Waals surface area contributed by atoms with Crippen LogP contribution in [0.4, 0.5) is 5.69 Å². The van der Waals surface area contributed by atoms with E-state index in [1.165, 1.54) is 6.26 Å². The van der Waals surface area contributed by atoms with Crippen molar-refractivity contribution in [3.8, 4) is 0 Å². The summed E-state index contributed by atoms with van der Waals surface area (Å²) >= 11 is 0. The van der Waals surface area contributed by atoms with Gasteiger partial charge in [0.25, 0.3) is 5.91 Å². The summed E-state index contributed by atoms with van der Waals surface area (Å²) in [6.45, 7) is 6.61. The van der Waals surface area contributed by atoms with E-state index >= 15 is 0 Å². The van der Waals surface area contributed by atoms with Crippen molar-refractivity contribution in [1.82, 2.24) is 14.7 Å². The Balaban J connectivity index is 1.48. The summed E-state index contributed by atoms with van der Waals surface area (Å²) in [4.78, 5) is 16.5. The molecule has 146 valence electrons. The molecular formula is C18H24N4O4S. The Hall–Kier alpha value is -2.29. The van der Waals surface area contributed by atoms with E-state index in [0.29, 0.717) is 38.4 Å². The molecule has 0 bridgehead atoms. The Morgan fingerprint density at radius 2 is 1.96 bits per heavy atom. The molecule has 0 aliphatic carbocycles. The number of hydrogen-bond donors (Lipinski definition) is 0. The fraction of sp³-hybridized carbons (Fsp3) is 0.556. The topological polar surface area (TPSA) is 88.7 Å². The van der Waals surface area contributed by atoms with Gasteiger partial charge >= 0.3 is 0 Å². The Bertz CT molecular complexity index is 940. The molecule has 9 heteroatoms. The summed E-state index contributed by atoms with van der Waals surface area (Å²) < 4.78 is 30.7. The van der Waals surface area contributed by atoms with Crippen molar-refractivity contribution in [1.29, 1.82) is 0 Å². The molecule has 4 heterocycles. The van der Waals surface area contributed by atoms with Crippen LogP contribution in [0, 0.1) is 13.8 Å².